The molecule has 1 aliphatic heterocycles. The molecule has 1 N–H and O–H groups in total. The zero-order valence-electron chi connectivity index (χ0n) is 16.8. The van der Waals surface area contributed by atoms with E-state index in [9.17, 15) is 9.90 Å². The third-order valence-corrected chi connectivity index (χ3v) is 5.84. The Balaban J connectivity index is 1.78. The lowest BCUT2D eigenvalue weighted by Gasteiger charge is -2.28. The molecule has 0 aliphatic carbocycles. The van der Waals surface area contributed by atoms with Crippen LogP contribution in [0.2, 0.25) is 0 Å². The Morgan fingerprint density at radius 3 is 2.37 bits per heavy atom. The number of aryl methyl sites for hydroxylation is 1. The van der Waals surface area contributed by atoms with Crippen molar-refractivity contribution in [3.8, 4) is 5.75 Å². The van der Waals surface area contributed by atoms with Gasteiger partial charge in [0.2, 0.25) is 0 Å². The van der Waals surface area contributed by atoms with Crippen molar-refractivity contribution in [3.63, 3.8) is 0 Å². The number of amides is 1. The number of carbonyl (C=O) groups is 1. The molecule has 0 saturated heterocycles. The number of aliphatic hydroxyl groups excluding tert-OH is 1. The average Bonchev–Trinajstić information content (AvgIpc) is 3.00. The second-order valence-corrected chi connectivity index (χ2v) is 8.28. The van der Waals surface area contributed by atoms with E-state index in [4.69, 9.17) is 4.74 Å². The molecule has 0 aromatic heterocycles. The number of aliphatic hydroxyl groups is 1. The third-order valence-electron chi connectivity index (χ3n) is 5.34. The molecule has 1 atom stereocenters. The van der Waals surface area contributed by atoms with Gasteiger partial charge in [-0.1, -0.05) is 70.0 Å². The van der Waals surface area contributed by atoms with Crippen LogP contribution in [0.4, 0.5) is 0 Å². The molecule has 0 spiro atoms. The summed E-state index contributed by atoms with van der Waals surface area (Å²) in [6.45, 7) is 2.39. The number of hydrogen-bond donors (Lipinski definition) is 1. The number of ether oxygens (including phenoxy) is 1. The third kappa shape index (κ3) is 3.85. The van der Waals surface area contributed by atoms with Gasteiger partial charge in [-0.25, -0.2) is 0 Å². The summed E-state index contributed by atoms with van der Waals surface area (Å²) >= 11 is 3.53. The van der Waals surface area contributed by atoms with E-state index < -0.39 is 0 Å². The van der Waals surface area contributed by atoms with Gasteiger partial charge in [-0.2, -0.15) is 0 Å². The first kappa shape index (κ1) is 20.2. The molecule has 1 heterocycles. The van der Waals surface area contributed by atoms with Gasteiger partial charge in [-0.05, 0) is 47.9 Å². The fourth-order valence-corrected chi connectivity index (χ4v) is 4.21. The summed E-state index contributed by atoms with van der Waals surface area (Å²) in [6, 6.07) is 23.0. The first-order valence-corrected chi connectivity index (χ1v) is 10.5. The Morgan fingerprint density at radius 2 is 1.73 bits per heavy atom. The van der Waals surface area contributed by atoms with Crippen molar-refractivity contribution >= 4 is 27.4 Å². The summed E-state index contributed by atoms with van der Waals surface area (Å²) in [5, 5.41) is 10.9. The van der Waals surface area contributed by atoms with Gasteiger partial charge in [-0.15, -0.1) is 0 Å². The molecule has 0 saturated carbocycles. The molecule has 4 nitrogen and oxygen atoms in total. The Kier molecular flexibility index (Phi) is 5.64. The predicted molar refractivity (Wildman–Crippen MR) is 121 cm³/mol. The van der Waals surface area contributed by atoms with Crippen LogP contribution < -0.4 is 4.74 Å². The van der Waals surface area contributed by atoms with E-state index in [0.29, 0.717) is 12.1 Å². The van der Waals surface area contributed by atoms with Crippen molar-refractivity contribution in [1.29, 1.82) is 0 Å². The van der Waals surface area contributed by atoms with Crippen LogP contribution in [0.15, 0.2) is 83.0 Å². The van der Waals surface area contributed by atoms with Crippen LogP contribution >= 0.6 is 15.9 Å². The lowest BCUT2D eigenvalue weighted by molar-refractivity contribution is -0.130. The van der Waals surface area contributed by atoms with E-state index >= 15 is 0 Å². The highest BCUT2D eigenvalue weighted by Gasteiger charge is 2.41. The second kappa shape index (κ2) is 8.36. The maximum atomic E-state index is 13.1. The number of carbonyl (C=O) groups excluding carboxylic acids is 1. The van der Waals surface area contributed by atoms with Crippen LogP contribution in [0, 0.1) is 6.92 Å². The maximum absolute atomic E-state index is 13.1. The first-order valence-electron chi connectivity index (χ1n) is 9.67. The van der Waals surface area contributed by atoms with Crippen molar-refractivity contribution in [1.82, 2.24) is 4.90 Å². The van der Waals surface area contributed by atoms with Gasteiger partial charge in [0, 0.05) is 16.6 Å². The van der Waals surface area contributed by atoms with Crippen LogP contribution in [0.5, 0.6) is 5.75 Å². The van der Waals surface area contributed by atoms with Crippen LogP contribution in [-0.4, -0.2) is 23.0 Å². The second-order valence-electron chi connectivity index (χ2n) is 7.37. The number of halogens is 1. The van der Waals surface area contributed by atoms with Gasteiger partial charge in [-0.3, -0.25) is 4.79 Å². The number of nitrogens with zero attached hydrogens (tertiary/aromatic N) is 1. The first-order chi connectivity index (χ1) is 14.5. The van der Waals surface area contributed by atoms with Crippen LogP contribution in [0.25, 0.3) is 5.57 Å². The van der Waals surface area contributed by atoms with Crippen molar-refractivity contribution in [2.75, 3.05) is 7.11 Å². The minimum atomic E-state index is -0.389. The molecule has 5 heteroatoms. The molecule has 1 aliphatic rings. The molecule has 0 bridgehead atoms. The summed E-state index contributed by atoms with van der Waals surface area (Å²) in [5.41, 5.74) is 4.49. The number of methoxy groups -OCH3 is 1. The zero-order chi connectivity index (χ0) is 21.3. The van der Waals surface area contributed by atoms with Crippen LogP contribution in [0.3, 0.4) is 0 Å². The molecular formula is C25H22BrNO3. The molecule has 0 fully saturated rings. The summed E-state index contributed by atoms with van der Waals surface area (Å²) in [4.78, 5) is 14.9. The Morgan fingerprint density at radius 1 is 1.03 bits per heavy atom. The highest BCUT2D eigenvalue weighted by molar-refractivity contribution is 9.10. The smallest absolute Gasteiger partial charge is 0.290 e. The van der Waals surface area contributed by atoms with Gasteiger partial charge in [0.25, 0.3) is 5.91 Å². The van der Waals surface area contributed by atoms with E-state index in [0.717, 1.165) is 32.5 Å². The zero-order valence-corrected chi connectivity index (χ0v) is 18.4. The minimum absolute atomic E-state index is 0.197. The highest BCUT2D eigenvalue weighted by atomic mass is 79.9. The normalized spacial score (nSPS) is 16.3. The minimum Gasteiger partial charge on any atom is -0.503 e. The van der Waals surface area contributed by atoms with E-state index in [1.165, 1.54) is 0 Å². The molecule has 0 unspecified atom stereocenters. The highest BCUT2D eigenvalue weighted by Crippen LogP contribution is 2.44. The molecular weight excluding hydrogens is 442 g/mol. The predicted octanol–water partition coefficient (Wildman–Crippen LogP) is 5.82. The molecule has 3 aromatic rings. The van der Waals surface area contributed by atoms with Gasteiger partial charge in [0.1, 0.15) is 5.75 Å². The molecule has 1 amide bonds. The molecule has 3 aromatic carbocycles. The molecule has 152 valence electrons. The number of benzene rings is 3. The quantitative estimate of drug-likeness (QED) is 0.518. The fraction of sp³-hybridized carbons (Fsp3) is 0.160. The van der Waals surface area contributed by atoms with Crippen molar-refractivity contribution in [3.05, 3.63) is 105 Å². The van der Waals surface area contributed by atoms with Crippen molar-refractivity contribution < 1.29 is 14.6 Å². The van der Waals surface area contributed by atoms with E-state index in [2.05, 4.69) is 15.9 Å². The van der Waals surface area contributed by atoms with Crippen LogP contribution in [0.1, 0.15) is 28.3 Å². The van der Waals surface area contributed by atoms with Crippen LogP contribution in [-0.2, 0) is 11.3 Å². The topological polar surface area (TPSA) is 49.8 Å². The molecule has 0 radical (unpaired) electrons. The molecule has 4 rings (SSSR count). The Labute approximate surface area is 184 Å². The van der Waals surface area contributed by atoms with Crippen molar-refractivity contribution in [2.24, 2.45) is 0 Å². The average molecular weight is 464 g/mol. The standard InChI is InChI=1S/C25H22BrNO3/c1-16-6-10-18(11-7-16)22-23(19-4-3-5-20(26)14-19)27(25(29)24(22)28)15-17-8-12-21(30-2)13-9-17/h3-14,23,28H,15H2,1-2H3/t23-/m0/s1. The fourth-order valence-electron chi connectivity index (χ4n) is 3.80. The van der Waals surface area contributed by atoms with Crippen molar-refractivity contribution in [2.45, 2.75) is 19.5 Å². The Bertz CT molecular complexity index is 1100. The summed E-state index contributed by atoms with van der Waals surface area (Å²) in [5.74, 6) is 0.195. The van der Waals surface area contributed by atoms with Gasteiger partial charge >= 0.3 is 0 Å². The number of rotatable bonds is 5. The summed E-state index contributed by atoms with van der Waals surface area (Å²) in [6.07, 6.45) is 0. The molecule has 30 heavy (non-hydrogen) atoms. The monoisotopic (exact) mass is 463 g/mol. The largest absolute Gasteiger partial charge is 0.503 e. The number of hydrogen-bond acceptors (Lipinski definition) is 3. The maximum Gasteiger partial charge on any atom is 0.290 e. The van der Waals surface area contributed by atoms with E-state index in [1.54, 1.807) is 12.0 Å². The van der Waals surface area contributed by atoms with E-state index in [-0.39, 0.29) is 17.7 Å². The van der Waals surface area contributed by atoms with E-state index in [1.807, 2.05) is 79.7 Å². The van der Waals surface area contributed by atoms with Gasteiger partial charge in [0.15, 0.2) is 5.76 Å². The lowest BCUT2D eigenvalue weighted by Crippen LogP contribution is -2.29. The SMILES string of the molecule is COc1ccc(CN2C(=O)C(O)=C(c3ccc(C)cc3)[C@@H]2c2cccc(Br)c2)cc1. The van der Waals surface area contributed by atoms with Gasteiger partial charge in [0.05, 0.1) is 13.2 Å². The summed E-state index contributed by atoms with van der Waals surface area (Å²) < 4.78 is 6.15. The lowest BCUT2D eigenvalue weighted by atomic mass is 9.93. The summed E-state index contributed by atoms with van der Waals surface area (Å²) in [7, 11) is 1.62. The van der Waals surface area contributed by atoms with Gasteiger partial charge < -0.3 is 14.7 Å². The Hall–Kier alpha value is -3.05.